The van der Waals surface area contributed by atoms with Gasteiger partial charge in [-0.25, -0.2) is 9.97 Å². The summed E-state index contributed by atoms with van der Waals surface area (Å²) in [6, 6.07) is 2.42. The molecule has 0 amide bonds. The number of hydrogen-bond donors (Lipinski definition) is 0. The van der Waals surface area contributed by atoms with Gasteiger partial charge in [-0.2, -0.15) is 0 Å². The fraction of sp³-hybridized carbons (Fsp3) is 0.562. The zero-order valence-corrected chi connectivity index (χ0v) is 12.5. The van der Waals surface area contributed by atoms with Crippen molar-refractivity contribution in [2.45, 2.75) is 38.1 Å². The number of oxazole rings is 1. The number of hydrogen-bond acceptors (Lipinski definition) is 5. The van der Waals surface area contributed by atoms with Crippen LogP contribution < -0.4 is 10.5 Å². The Kier molecular flexibility index (Phi) is 3.44. The highest BCUT2D eigenvalue weighted by Crippen LogP contribution is 2.38. The summed E-state index contributed by atoms with van der Waals surface area (Å²) in [5.41, 5.74) is 1.06. The average molecular weight is 300 g/mol. The molecule has 0 aromatic carbocycles. The Bertz CT molecular complexity index is 682. The Morgan fingerprint density at radius 2 is 2.00 bits per heavy atom. The van der Waals surface area contributed by atoms with Crippen molar-refractivity contribution >= 4 is 6.01 Å². The van der Waals surface area contributed by atoms with Crippen molar-refractivity contribution in [2.75, 3.05) is 18.0 Å². The van der Waals surface area contributed by atoms with Crippen molar-refractivity contribution in [1.29, 1.82) is 0 Å². The molecule has 2 fully saturated rings. The van der Waals surface area contributed by atoms with E-state index in [4.69, 9.17) is 4.42 Å². The molecule has 0 bridgehead atoms. The third-order valence-electron chi connectivity index (χ3n) is 4.66. The lowest BCUT2D eigenvalue weighted by molar-refractivity contribution is 0.341. The molecule has 116 valence electrons. The van der Waals surface area contributed by atoms with Gasteiger partial charge >= 0.3 is 0 Å². The molecule has 2 aromatic heterocycles. The first-order valence-electron chi connectivity index (χ1n) is 8.00. The Morgan fingerprint density at radius 1 is 1.18 bits per heavy atom. The number of rotatable bonds is 4. The van der Waals surface area contributed by atoms with E-state index < -0.39 is 0 Å². The summed E-state index contributed by atoms with van der Waals surface area (Å²) < 4.78 is 7.10. The zero-order valence-electron chi connectivity index (χ0n) is 12.5. The maximum absolute atomic E-state index is 12.2. The van der Waals surface area contributed by atoms with E-state index in [2.05, 4.69) is 14.9 Å². The van der Waals surface area contributed by atoms with Gasteiger partial charge in [0.25, 0.3) is 11.6 Å². The number of nitrogens with zero attached hydrogens (tertiary/aromatic N) is 4. The van der Waals surface area contributed by atoms with Crippen molar-refractivity contribution in [3.8, 4) is 0 Å². The van der Waals surface area contributed by atoms with Crippen LogP contribution in [0.5, 0.6) is 0 Å². The normalized spacial score (nSPS) is 19.5. The highest BCUT2D eigenvalue weighted by atomic mass is 16.4. The van der Waals surface area contributed by atoms with Crippen molar-refractivity contribution in [2.24, 2.45) is 5.92 Å². The summed E-state index contributed by atoms with van der Waals surface area (Å²) in [5, 5.41) is 0. The second-order valence-corrected chi connectivity index (χ2v) is 6.32. The average Bonchev–Trinajstić information content (AvgIpc) is 3.25. The molecule has 2 aliphatic rings. The van der Waals surface area contributed by atoms with Gasteiger partial charge in [-0.1, -0.05) is 0 Å². The molecule has 0 N–H and O–H groups in total. The first-order chi connectivity index (χ1) is 10.8. The van der Waals surface area contributed by atoms with Gasteiger partial charge in [0.15, 0.2) is 0 Å². The van der Waals surface area contributed by atoms with E-state index in [0.29, 0.717) is 17.9 Å². The van der Waals surface area contributed by atoms with Crippen LogP contribution in [0.1, 0.15) is 37.3 Å². The maximum Gasteiger partial charge on any atom is 0.297 e. The summed E-state index contributed by atoms with van der Waals surface area (Å²) in [6.45, 7) is 2.61. The molecule has 22 heavy (non-hydrogen) atoms. The quantitative estimate of drug-likeness (QED) is 0.864. The van der Waals surface area contributed by atoms with E-state index in [0.717, 1.165) is 38.2 Å². The maximum atomic E-state index is 12.2. The smallest absolute Gasteiger partial charge is 0.297 e. The van der Waals surface area contributed by atoms with Crippen LogP contribution in [0, 0.1) is 5.92 Å². The van der Waals surface area contributed by atoms with E-state index in [9.17, 15) is 4.79 Å². The molecule has 1 aliphatic carbocycles. The first-order valence-corrected chi connectivity index (χ1v) is 8.00. The molecule has 1 saturated heterocycles. The van der Waals surface area contributed by atoms with Crippen LogP contribution in [0.2, 0.25) is 0 Å². The lowest BCUT2D eigenvalue weighted by atomic mass is 9.97. The minimum Gasteiger partial charge on any atom is -0.432 e. The molecule has 1 saturated carbocycles. The Labute approximate surface area is 128 Å². The van der Waals surface area contributed by atoms with Crippen molar-refractivity contribution < 1.29 is 4.42 Å². The monoisotopic (exact) mass is 300 g/mol. The molecular weight excluding hydrogens is 280 g/mol. The zero-order chi connectivity index (χ0) is 14.9. The fourth-order valence-corrected chi connectivity index (χ4v) is 3.14. The minimum absolute atomic E-state index is 0.0898. The van der Waals surface area contributed by atoms with Gasteiger partial charge in [-0.15, -0.1) is 0 Å². The molecule has 1 aliphatic heterocycles. The van der Waals surface area contributed by atoms with E-state index in [1.54, 1.807) is 29.4 Å². The summed E-state index contributed by atoms with van der Waals surface area (Å²) >= 11 is 0. The molecule has 0 unspecified atom stereocenters. The standard InChI is InChI=1S/C16H20N4O2/c21-15-9-14(13-1-2-13)18-11-20(15)10-12-3-6-19(7-4-12)16-17-5-8-22-16/h5,8-9,11-13H,1-4,6-7,10H2. The van der Waals surface area contributed by atoms with Crippen LogP contribution in [0.25, 0.3) is 0 Å². The Balaban J connectivity index is 1.37. The molecule has 0 atom stereocenters. The van der Waals surface area contributed by atoms with E-state index in [1.165, 1.54) is 12.8 Å². The molecule has 4 rings (SSSR count). The number of piperidine rings is 1. The molecule has 6 nitrogen and oxygen atoms in total. The Morgan fingerprint density at radius 3 is 2.64 bits per heavy atom. The second kappa shape index (κ2) is 5.59. The van der Waals surface area contributed by atoms with Crippen LogP contribution >= 0.6 is 0 Å². The van der Waals surface area contributed by atoms with Crippen LogP contribution in [0.3, 0.4) is 0 Å². The van der Waals surface area contributed by atoms with Crippen LogP contribution in [-0.4, -0.2) is 27.6 Å². The SMILES string of the molecule is O=c1cc(C2CC2)ncn1CC1CCN(c2ncco2)CC1. The van der Waals surface area contributed by atoms with Crippen LogP contribution in [0.4, 0.5) is 6.01 Å². The molecule has 0 radical (unpaired) electrons. The number of anilines is 1. The van der Waals surface area contributed by atoms with Crippen molar-refractivity contribution in [1.82, 2.24) is 14.5 Å². The van der Waals surface area contributed by atoms with Gasteiger partial charge in [-0.3, -0.25) is 9.36 Å². The summed E-state index contributed by atoms with van der Waals surface area (Å²) in [5.74, 6) is 1.05. The summed E-state index contributed by atoms with van der Waals surface area (Å²) in [6.07, 6.45) is 9.45. The molecule has 2 aromatic rings. The van der Waals surface area contributed by atoms with Gasteiger partial charge < -0.3 is 9.32 Å². The fourth-order valence-electron chi connectivity index (χ4n) is 3.14. The minimum atomic E-state index is 0.0898. The van der Waals surface area contributed by atoms with Gasteiger partial charge in [0.1, 0.15) is 6.26 Å². The van der Waals surface area contributed by atoms with Gasteiger partial charge in [0, 0.05) is 31.6 Å². The third kappa shape index (κ3) is 2.77. The highest BCUT2D eigenvalue weighted by molar-refractivity contribution is 5.25. The predicted molar refractivity (Wildman–Crippen MR) is 81.9 cm³/mol. The highest BCUT2D eigenvalue weighted by Gasteiger charge is 2.26. The van der Waals surface area contributed by atoms with Crippen LogP contribution in [0.15, 0.2) is 34.1 Å². The van der Waals surface area contributed by atoms with Gasteiger partial charge in [0.2, 0.25) is 0 Å². The topological polar surface area (TPSA) is 64.2 Å². The molecule has 0 spiro atoms. The lowest BCUT2D eigenvalue weighted by Gasteiger charge is -2.31. The number of aromatic nitrogens is 3. The second-order valence-electron chi connectivity index (χ2n) is 6.32. The summed E-state index contributed by atoms with van der Waals surface area (Å²) in [7, 11) is 0. The van der Waals surface area contributed by atoms with E-state index in [1.807, 2.05) is 0 Å². The van der Waals surface area contributed by atoms with Crippen LogP contribution in [-0.2, 0) is 6.54 Å². The van der Waals surface area contributed by atoms with Gasteiger partial charge in [0.05, 0.1) is 18.2 Å². The third-order valence-corrected chi connectivity index (χ3v) is 4.66. The molecular formula is C16H20N4O2. The summed E-state index contributed by atoms with van der Waals surface area (Å²) in [4.78, 5) is 23.0. The molecule has 6 heteroatoms. The lowest BCUT2D eigenvalue weighted by Crippen LogP contribution is -2.36. The van der Waals surface area contributed by atoms with Gasteiger partial charge in [-0.05, 0) is 31.6 Å². The largest absolute Gasteiger partial charge is 0.432 e. The van der Waals surface area contributed by atoms with Crippen molar-refractivity contribution in [3.05, 3.63) is 40.9 Å². The molecule has 3 heterocycles. The van der Waals surface area contributed by atoms with E-state index >= 15 is 0 Å². The van der Waals surface area contributed by atoms with E-state index in [-0.39, 0.29) is 5.56 Å². The van der Waals surface area contributed by atoms with Crippen molar-refractivity contribution in [3.63, 3.8) is 0 Å². The first kappa shape index (κ1) is 13.5. The Hall–Kier alpha value is -2.11. The predicted octanol–water partition coefficient (Wildman–Crippen LogP) is 2.03.